The van der Waals surface area contributed by atoms with Crippen LogP contribution in [0, 0.1) is 0 Å². The highest BCUT2D eigenvalue weighted by molar-refractivity contribution is 7.93. The van der Waals surface area contributed by atoms with Gasteiger partial charge in [-0.1, -0.05) is 54.6 Å². The van der Waals surface area contributed by atoms with Gasteiger partial charge in [0, 0.05) is 25.0 Å². The zero-order valence-electron chi connectivity index (χ0n) is 19.1. The second-order valence-corrected chi connectivity index (χ2v) is 11.1. The average molecular weight is 473 g/mol. The van der Waals surface area contributed by atoms with Gasteiger partial charge in [0.2, 0.25) is 0 Å². The summed E-state index contributed by atoms with van der Waals surface area (Å²) in [6.07, 6.45) is 3.01. The zero-order valence-corrected chi connectivity index (χ0v) is 19.9. The van der Waals surface area contributed by atoms with Gasteiger partial charge in [0.15, 0.2) is 0 Å². The molecule has 0 saturated carbocycles. The molecule has 1 fully saturated rings. The Bertz CT molecular complexity index is 1460. The number of anilines is 1. The normalized spacial score (nSPS) is 19.3. The fourth-order valence-electron chi connectivity index (χ4n) is 5.32. The molecule has 4 aromatic carbocycles. The summed E-state index contributed by atoms with van der Waals surface area (Å²) < 4.78 is 34.1. The first-order chi connectivity index (χ1) is 16.6. The Balaban J connectivity index is 1.03. The van der Waals surface area contributed by atoms with Crippen molar-refractivity contribution in [2.24, 2.45) is 0 Å². The summed E-state index contributed by atoms with van der Waals surface area (Å²) in [5.41, 5.74) is 0.818. The van der Waals surface area contributed by atoms with Crippen LogP contribution in [0.1, 0.15) is 19.3 Å². The first-order valence-electron chi connectivity index (χ1n) is 12.0. The maximum Gasteiger partial charge on any atom is 0.265 e. The van der Waals surface area contributed by atoms with E-state index in [4.69, 9.17) is 4.74 Å². The molecule has 2 heterocycles. The fourth-order valence-corrected chi connectivity index (χ4v) is 7.07. The van der Waals surface area contributed by atoms with Crippen molar-refractivity contribution in [2.75, 3.05) is 30.5 Å². The summed E-state index contributed by atoms with van der Waals surface area (Å²) in [6.45, 7) is 3.41. The van der Waals surface area contributed by atoms with Gasteiger partial charge < -0.3 is 4.74 Å². The molecular formula is C28H28N2O3S. The van der Waals surface area contributed by atoms with Gasteiger partial charge in [-0.2, -0.15) is 0 Å². The van der Waals surface area contributed by atoms with E-state index in [1.807, 2.05) is 30.3 Å². The number of sulfonamides is 1. The van der Waals surface area contributed by atoms with Gasteiger partial charge >= 0.3 is 0 Å². The predicted molar refractivity (Wildman–Crippen MR) is 137 cm³/mol. The van der Waals surface area contributed by atoms with Gasteiger partial charge in [0.05, 0.1) is 10.6 Å². The largest absolute Gasteiger partial charge is 0.489 e. The van der Waals surface area contributed by atoms with Gasteiger partial charge in [-0.05, 0) is 66.2 Å². The lowest BCUT2D eigenvalue weighted by Gasteiger charge is -2.20. The summed E-state index contributed by atoms with van der Waals surface area (Å²) in [6, 6.07) is 26.0. The summed E-state index contributed by atoms with van der Waals surface area (Å²) in [5.74, 6) is 0.929. The summed E-state index contributed by atoms with van der Waals surface area (Å²) in [5, 5.41) is 4.26. The van der Waals surface area contributed by atoms with Crippen LogP contribution in [0.25, 0.3) is 21.5 Å². The van der Waals surface area contributed by atoms with E-state index in [2.05, 4.69) is 47.4 Å². The average Bonchev–Trinajstić information content (AvgIpc) is 3.38. The van der Waals surface area contributed by atoms with Crippen molar-refractivity contribution in [3.63, 3.8) is 0 Å². The van der Waals surface area contributed by atoms with Crippen LogP contribution in [0.15, 0.2) is 83.8 Å². The Hall–Kier alpha value is -3.09. The molecule has 0 spiro atoms. The van der Waals surface area contributed by atoms with E-state index in [1.54, 1.807) is 10.4 Å². The third-order valence-corrected chi connectivity index (χ3v) is 8.88. The molecule has 2 aliphatic rings. The maximum atomic E-state index is 13.1. The van der Waals surface area contributed by atoms with Crippen molar-refractivity contribution in [2.45, 2.75) is 30.3 Å². The summed E-state index contributed by atoms with van der Waals surface area (Å²) in [7, 11) is -3.46. The van der Waals surface area contributed by atoms with Crippen LogP contribution in [0.2, 0.25) is 0 Å². The van der Waals surface area contributed by atoms with E-state index >= 15 is 0 Å². The number of likely N-dealkylation sites (tertiary alicyclic amines) is 1. The van der Waals surface area contributed by atoms with E-state index in [0.717, 1.165) is 61.1 Å². The lowest BCUT2D eigenvalue weighted by molar-refractivity contribution is 0.200. The molecule has 0 aromatic heterocycles. The summed E-state index contributed by atoms with van der Waals surface area (Å²) in [4.78, 5) is 2.87. The summed E-state index contributed by atoms with van der Waals surface area (Å²) >= 11 is 0. The van der Waals surface area contributed by atoms with Crippen molar-refractivity contribution in [1.82, 2.24) is 4.90 Å². The molecule has 0 amide bonds. The first kappa shape index (κ1) is 21.4. The van der Waals surface area contributed by atoms with E-state index in [0.29, 0.717) is 11.4 Å². The molecule has 1 unspecified atom stereocenters. The standard InChI is InChI=1S/C28H28N2O3S/c31-34(32)27-12-6-10-22-9-5-11-26(28(22)27)30(34)17-4-3-16-29-18-15-25(20-29)33-24-14-13-21-7-1-2-8-23(21)19-24/h1-2,5-14,19,25H,3-4,15-18,20H2. The minimum atomic E-state index is -3.46. The minimum Gasteiger partial charge on any atom is -0.489 e. The molecule has 6 heteroatoms. The predicted octanol–water partition coefficient (Wildman–Crippen LogP) is 5.44. The molecule has 0 radical (unpaired) electrons. The highest BCUT2D eigenvalue weighted by Gasteiger charge is 2.35. The molecule has 0 N–H and O–H groups in total. The van der Waals surface area contributed by atoms with Gasteiger partial charge in [0.1, 0.15) is 11.9 Å². The van der Waals surface area contributed by atoms with Crippen LogP contribution < -0.4 is 9.04 Å². The smallest absolute Gasteiger partial charge is 0.265 e. The van der Waals surface area contributed by atoms with E-state index in [-0.39, 0.29) is 6.10 Å². The van der Waals surface area contributed by atoms with Crippen molar-refractivity contribution >= 4 is 37.3 Å². The maximum absolute atomic E-state index is 13.1. The van der Waals surface area contributed by atoms with E-state index < -0.39 is 10.0 Å². The van der Waals surface area contributed by atoms with Gasteiger partial charge in [-0.15, -0.1) is 0 Å². The Morgan fingerprint density at radius 2 is 1.59 bits per heavy atom. The second kappa shape index (κ2) is 8.60. The Morgan fingerprint density at radius 1 is 0.824 bits per heavy atom. The lowest BCUT2D eigenvalue weighted by atomic mass is 10.1. The quantitative estimate of drug-likeness (QED) is 0.336. The second-order valence-electron chi connectivity index (χ2n) is 9.25. The number of benzene rings is 4. The molecule has 0 aliphatic carbocycles. The highest BCUT2D eigenvalue weighted by atomic mass is 32.2. The molecule has 1 atom stereocenters. The van der Waals surface area contributed by atoms with Gasteiger partial charge in [-0.3, -0.25) is 9.21 Å². The first-order valence-corrected chi connectivity index (χ1v) is 13.5. The Morgan fingerprint density at radius 3 is 2.47 bits per heavy atom. The number of ether oxygens (including phenoxy) is 1. The van der Waals surface area contributed by atoms with Crippen LogP contribution in [0.3, 0.4) is 0 Å². The number of hydrogen-bond acceptors (Lipinski definition) is 4. The van der Waals surface area contributed by atoms with Gasteiger partial charge in [-0.25, -0.2) is 8.42 Å². The fraction of sp³-hybridized carbons (Fsp3) is 0.286. The highest BCUT2D eigenvalue weighted by Crippen LogP contribution is 2.42. The van der Waals surface area contributed by atoms with Gasteiger partial charge in [0.25, 0.3) is 10.0 Å². The number of fused-ring (bicyclic) bond motifs is 1. The third-order valence-electron chi connectivity index (χ3n) is 7.02. The number of rotatable bonds is 7. The SMILES string of the molecule is O=S1(=O)c2cccc3cccc(c23)N1CCCCN1CCC(Oc2ccc3ccccc3c2)C1. The Labute approximate surface area is 200 Å². The molecule has 1 saturated heterocycles. The minimum absolute atomic E-state index is 0.201. The molecule has 0 bridgehead atoms. The third kappa shape index (κ3) is 3.81. The number of hydrogen-bond donors (Lipinski definition) is 0. The lowest BCUT2D eigenvalue weighted by Crippen LogP contribution is -2.29. The van der Waals surface area contributed by atoms with Crippen LogP contribution in [-0.4, -0.2) is 45.6 Å². The Kier molecular flexibility index (Phi) is 5.42. The van der Waals surface area contributed by atoms with Crippen LogP contribution in [-0.2, 0) is 10.0 Å². The number of unbranched alkanes of at least 4 members (excludes halogenated alkanes) is 1. The zero-order chi connectivity index (χ0) is 23.1. The molecule has 174 valence electrons. The topological polar surface area (TPSA) is 49.9 Å². The van der Waals surface area contributed by atoms with Crippen molar-refractivity contribution in [1.29, 1.82) is 0 Å². The van der Waals surface area contributed by atoms with Crippen molar-refractivity contribution < 1.29 is 13.2 Å². The monoisotopic (exact) mass is 472 g/mol. The molecule has 5 nitrogen and oxygen atoms in total. The molecule has 34 heavy (non-hydrogen) atoms. The molecular weight excluding hydrogens is 444 g/mol. The van der Waals surface area contributed by atoms with E-state index in [9.17, 15) is 8.42 Å². The number of nitrogens with zero attached hydrogens (tertiary/aromatic N) is 2. The van der Waals surface area contributed by atoms with Crippen LogP contribution in [0.5, 0.6) is 5.75 Å². The van der Waals surface area contributed by atoms with Crippen molar-refractivity contribution in [3.05, 3.63) is 78.9 Å². The van der Waals surface area contributed by atoms with Crippen LogP contribution in [0.4, 0.5) is 5.69 Å². The molecule has 2 aliphatic heterocycles. The van der Waals surface area contributed by atoms with Crippen LogP contribution >= 0.6 is 0 Å². The molecule has 6 rings (SSSR count). The molecule has 4 aromatic rings. The van der Waals surface area contributed by atoms with E-state index in [1.165, 1.54) is 10.8 Å². The van der Waals surface area contributed by atoms with Crippen molar-refractivity contribution in [3.8, 4) is 5.75 Å².